The summed E-state index contributed by atoms with van der Waals surface area (Å²) in [6.45, 7) is 8.23. The van der Waals surface area contributed by atoms with Crippen molar-refractivity contribution in [1.82, 2.24) is 4.90 Å². The Morgan fingerprint density at radius 2 is 2.05 bits per heavy atom. The first kappa shape index (κ1) is 16.6. The number of nitrogens with zero attached hydrogens (tertiary/aromatic N) is 1. The maximum Gasteiger partial charge on any atom is 0.231 e. The molecule has 1 aromatic carbocycles. The topological polar surface area (TPSA) is 32.3 Å². The SMILES string of the molecule is CC(C)N1CCCC(C)(C(=O)Nc2ccc(Cl)c(Cl)c2)C1. The van der Waals surface area contributed by atoms with Crippen molar-refractivity contribution in [2.24, 2.45) is 5.41 Å². The van der Waals surface area contributed by atoms with Crippen molar-refractivity contribution in [3.05, 3.63) is 28.2 Å². The zero-order chi connectivity index (χ0) is 15.6. The molecule has 21 heavy (non-hydrogen) atoms. The predicted octanol–water partition coefficient (Wildman–Crippen LogP) is 4.44. The van der Waals surface area contributed by atoms with Crippen molar-refractivity contribution in [3.63, 3.8) is 0 Å². The van der Waals surface area contributed by atoms with E-state index in [1.807, 2.05) is 6.92 Å². The highest BCUT2D eigenvalue weighted by Gasteiger charge is 2.38. The lowest BCUT2D eigenvalue weighted by molar-refractivity contribution is -0.128. The van der Waals surface area contributed by atoms with Gasteiger partial charge in [-0.15, -0.1) is 0 Å². The van der Waals surface area contributed by atoms with Crippen LogP contribution in [0.5, 0.6) is 0 Å². The third-order valence-corrected chi connectivity index (χ3v) is 4.92. The van der Waals surface area contributed by atoms with Gasteiger partial charge in [0.25, 0.3) is 0 Å². The average Bonchev–Trinajstić information content (AvgIpc) is 2.43. The summed E-state index contributed by atoms with van der Waals surface area (Å²) < 4.78 is 0. The Bertz CT molecular complexity index is 533. The van der Waals surface area contributed by atoms with Gasteiger partial charge in [-0.25, -0.2) is 0 Å². The molecule has 3 nitrogen and oxygen atoms in total. The molecule has 1 amide bonds. The number of benzene rings is 1. The number of anilines is 1. The lowest BCUT2D eigenvalue weighted by Gasteiger charge is -2.41. The fraction of sp³-hybridized carbons (Fsp3) is 0.562. The molecule has 0 bridgehead atoms. The molecule has 1 unspecified atom stereocenters. The van der Waals surface area contributed by atoms with Gasteiger partial charge in [0.1, 0.15) is 0 Å². The Morgan fingerprint density at radius 1 is 1.33 bits per heavy atom. The Morgan fingerprint density at radius 3 is 2.67 bits per heavy atom. The zero-order valence-electron chi connectivity index (χ0n) is 12.7. The van der Waals surface area contributed by atoms with Crippen molar-refractivity contribution in [3.8, 4) is 0 Å². The number of rotatable bonds is 3. The first-order valence-corrected chi connectivity index (χ1v) is 8.08. The van der Waals surface area contributed by atoms with Crippen molar-refractivity contribution in [2.45, 2.75) is 39.7 Å². The van der Waals surface area contributed by atoms with Gasteiger partial charge in [0.15, 0.2) is 0 Å². The maximum atomic E-state index is 12.6. The van der Waals surface area contributed by atoms with Gasteiger partial charge >= 0.3 is 0 Å². The van der Waals surface area contributed by atoms with Crippen LogP contribution in [-0.4, -0.2) is 29.9 Å². The van der Waals surface area contributed by atoms with E-state index in [1.165, 1.54) is 0 Å². The Labute approximate surface area is 136 Å². The monoisotopic (exact) mass is 328 g/mol. The highest BCUT2D eigenvalue weighted by Crippen LogP contribution is 2.32. The van der Waals surface area contributed by atoms with Crippen LogP contribution in [0.3, 0.4) is 0 Å². The molecule has 0 aliphatic carbocycles. The van der Waals surface area contributed by atoms with E-state index in [-0.39, 0.29) is 11.3 Å². The van der Waals surface area contributed by atoms with Gasteiger partial charge in [-0.3, -0.25) is 9.69 Å². The summed E-state index contributed by atoms with van der Waals surface area (Å²) in [6.07, 6.45) is 1.95. The molecule has 0 radical (unpaired) electrons. The Kier molecular flexibility index (Phi) is 5.18. The second-order valence-corrected chi connectivity index (χ2v) is 7.13. The van der Waals surface area contributed by atoms with Crippen LogP contribution in [0.1, 0.15) is 33.6 Å². The third kappa shape index (κ3) is 3.91. The molecule has 1 atom stereocenters. The van der Waals surface area contributed by atoms with Gasteiger partial charge in [0.2, 0.25) is 5.91 Å². The van der Waals surface area contributed by atoms with Crippen molar-refractivity contribution in [2.75, 3.05) is 18.4 Å². The smallest absolute Gasteiger partial charge is 0.231 e. The van der Waals surface area contributed by atoms with Crippen LogP contribution in [0.2, 0.25) is 10.0 Å². The minimum absolute atomic E-state index is 0.0474. The van der Waals surface area contributed by atoms with Crippen LogP contribution in [0.4, 0.5) is 5.69 Å². The first-order chi connectivity index (χ1) is 9.82. The van der Waals surface area contributed by atoms with Gasteiger partial charge in [0.05, 0.1) is 15.5 Å². The zero-order valence-corrected chi connectivity index (χ0v) is 14.3. The number of carbonyl (C=O) groups is 1. The highest BCUT2D eigenvalue weighted by atomic mass is 35.5. The molecular weight excluding hydrogens is 307 g/mol. The number of likely N-dealkylation sites (tertiary alicyclic amines) is 1. The summed E-state index contributed by atoms with van der Waals surface area (Å²) in [5.41, 5.74) is 0.326. The molecule has 1 aliphatic heterocycles. The Hall–Kier alpha value is -0.770. The number of piperidine rings is 1. The lowest BCUT2D eigenvalue weighted by atomic mass is 9.80. The summed E-state index contributed by atoms with van der Waals surface area (Å²) in [6, 6.07) is 5.62. The fourth-order valence-electron chi connectivity index (χ4n) is 2.76. The van der Waals surface area contributed by atoms with E-state index in [1.54, 1.807) is 18.2 Å². The van der Waals surface area contributed by atoms with Crippen molar-refractivity contribution >= 4 is 34.8 Å². The molecule has 1 aliphatic rings. The number of carbonyl (C=O) groups excluding carboxylic acids is 1. The van der Waals surface area contributed by atoms with Gasteiger partial charge in [0, 0.05) is 18.3 Å². The summed E-state index contributed by atoms with van der Waals surface area (Å²) in [5, 5.41) is 3.91. The summed E-state index contributed by atoms with van der Waals surface area (Å²) >= 11 is 11.9. The number of hydrogen-bond donors (Lipinski definition) is 1. The predicted molar refractivity (Wildman–Crippen MR) is 89.1 cm³/mol. The standard InChI is InChI=1S/C16H22Cl2N2O/c1-11(2)20-8-4-7-16(3,10-20)15(21)19-12-5-6-13(17)14(18)9-12/h5-6,9,11H,4,7-8,10H2,1-3H3,(H,19,21). The second-order valence-electron chi connectivity index (χ2n) is 6.31. The molecule has 1 aromatic rings. The number of hydrogen-bond acceptors (Lipinski definition) is 2. The minimum Gasteiger partial charge on any atom is -0.326 e. The molecule has 0 saturated carbocycles. The molecule has 116 valence electrons. The third-order valence-electron chi connectivity index (χ3n) is 4.18. The maximum absolute atomic E-state index is 12.6. The van der Waals surface area contributed by atoms with Gasteiger partial charge in [-0.05, 0) is 58.4 Å². The van der Waals surface area contributed by atoms with Crippen LogP contribution < -0.4 is 5.32 Å². The number of halogens is 2. The largest absolute Gasteiger partial charge is 0.326 e. The second kappa shape index (κ2) is 6.55. The van der Waals surface area contributed by atoms with E-state index in [0.29, 0.717) is 21.8 Å². The van der Waals surface area contributed by atoms with E-state index >= 15 is 0 Å². The van der Waals surface area contributed by atoms with E-state index in [0.717, 1.165) is 25.9 Å². The van der Waals surface area contributed by atoms with Crippen LogP contribution >= 0.6 is 23.2 Å². The molecule has 1 heterocycles. The van der Waals surface area contributed by atoms with Crippen molar-refractivity contribution in [1.29, 1.82) is 0 Å². The quantitative estimate of drug-likeness (QED) is 0.889. The van der Waals surface area contributed by atoms with E-state index in [4.69, 9.17) is 23.2 Å². The van der Waals surface area contributed by atoms with Crippen LogP contribution in [0.25, 0.3) is 0 Å². The van der Waals surface area contributed by atoms with Gasteiger partial charge < -0.3 is 5.32 Å². The normalized spacial score (nSPS) is 23.3. The summed E-state index contributed by atoms with van der Waals surface area (Å²) in [4.78, 5) is 15.0. The molecular formula is C16H22Cl2N2O. The molecule has 5 heteroatoms. The molecule has 2 rings (SSSR count). The van der Waals surface area contributed by atoms with E-state index in [2.05, 4.69) is 24.1 Å². The molecule has 0 spiro atoms. The van der Waals surface area contributed by atoms with Crippen LogP contribution in [-0.2, 0) is 4.79 Å². The lowest BCUT2D eigenvalue weighted by Crippen LogP contribution is -2.50. The summed E-state index contributed by atoms with van der Waals surface area (Å²) in [5.74, 6) is 0.0474. The van der Waals surface area contributed by atoms with Crippen LogP contribution in [0.15, 0.2) is 18.2 Å². The number of nitrogens with one attached hydrogen (secondary N) is 1. The van der Waals surface area contributed by atoms with E-state index < -0.39 is 0 Å². The molecule has 1 fully saturated rings. The molecule has 1 saturated heterocycles. The van der Waals surface area contributed by atoms with Crippen LogP contribution in [0, 0.1) is 5.41 Å². The minimum atomic E-state index is -0.366. The molecule has 1 N–H and O–H groups in total. The van der Waals surface area contributed by atoms with E-state index in [9.17, 15) is 4.79 Å². The number of amides is 1. The molecule has 0 aromatic heterocycles. The fourth-order valence-corrected chi connectivity index (χ4v) is 3.06. The Balaban J connectivity index is 2.09. The summed E-state index contributed by atoms with van der Waals surface area (Å²) in [7, 11) is 0. The average molecular weight is 329 g/mol. The van der Waals surface area contributed by atoms with Gasteiger partial charge in [-0.2, -0.15) is 0 Å². The first-order valence-electron chi connectivity index (χ1n) is 7.32. The van der Waals surface area contributed by atoms with Crippen molar-refractivity contribution < 1.29 is 4.79 Å². The van der Waals surface area contributed by atoms with Gasteiger partial charge in [-0.1, -0.05) is 23.2 Å². The highest BCUT2D eigenvalue weighted by molar-refractivity contribution is 6.42.